The highest BCUT2D eigenvalue weighted by molar-refractivity contribution is 7.94. The van der Waals surface area contributed by atoms with Gasteiger partial charge in [-0.1, -0.05) is 60.7 Å². The first-order valence-electron chi connectivity index (χ1n) is 8.75. The van der Waals surface area contributed by atoms with E-state index in [1.54, 1.807) is 66.0 Å². The van der Waals surface area contributed by atoms with Crippen LogP contribution < -0.4 is 5.32 Å². The first kappa shape index (κ1) is 20.0. The first-order valence-corrected chi connectivity index (χ1v) is 10.4. The van der Waals surface area contributed by atoms with E-state index in [9.17, 15) is 18.0 Å². The lowest BCUT2D eigenvalue weighted by Crippen LogP contribution is -2.94. The molecule has 3 rings (SSSR count). The van der Waals surface area contributed by atoms with Crippen molar-refractivity contribution in [2.75, 3.05) is 14.2 Å². The Morgan fingerprint density at radius 1 is 0.750 bits per heavy atom. The van der Waals surface area contributed by atoms with E-state index >= 15 is 0 Å². The Morgan fingerprint density at radius 2 is 1.11 bits per heavy atom. The minimum atomic E-state index is -4.26. The molecule has 28 heavy (non-hydrogen) atoms. The molecule has 0 radical (unpaired) electrons. The summed E-state index contributed by atoms with van der Waals surface area (Å²) in [6, 6.07) is 16.2. The second-order valence-corrected chi connectivity index (χ2v) is 8.74. The number of hydrogen-bond donors (Lipinski definition) is 1. The fourth-order valence-electron chi connectivity index (χ4n) is 3.71. The van der Waals surface area contributed by atoms with Gasteiger partial charge in [0.25, 0.3) is 0 Å². The molecule has 0 unspecified atom stereocenters. The van der Waals surface area contributed by atoms with Crippen LogP contribution in [0.15, 0.2) is 60.7 Å². The van der Waals surface area contributed by atoms with Gasteiger partial charge in [0.05, 0.1) is 14.2 Å². The smallest absolute Gasteiger partial charge is 0.330 e. The SMILES string of the molecule is COC(=O)[C@@H]1[C@@H](c2ccccc2)[NH2+][C@H](c2ccccc2)[C@@H](C(=O)OC)S1(=O)=O. The molecule has 2 aromatic rings. The second-order valence-electron chi connectivity index (χ2n) is 6.54. The number of esters is 2. The van der Waals surface area contributed by atoms with Crippen LogP contribution in [0, 0.1) is 0 Å². The molecule has 0 saturated carbocycles. The number of rotatable bonds is 4. The molecule has 0 amide bonds. The van der Waals surface area contributed by atoms with Crippen LogP contribution in [0.25, 0.3) is 0 Å². The van der Waals surface area contributed by atoms with E-state index < -0.39 is 44.4 Å². The minimum Gasteiger partial charge on any atom is -0.468 e. The van der Waals surface area contributed by atoms with E-state index in [2.05, 4.69) is 0 Å². The van der Waals surface area contributed by atoms with Gasteiger partial charge >= 0.3 is 11.9 Å². The van der Waals surface area contributed by atoms with Crippen molar-refractivity contribution in [2.24, 2.45) is 0 Å². The summed E-state index contributed by atoms with van der Waals surface area (Å²) < 4.78 is 36.5. The first-order chi connectivity index (χ1) is 13.4. The van der Waals surface area contributed by atoms with Gasteiger partial charge in [-0.15, -0.1) is 0 Å². The third kappa shape index (κ3) is 3.53. The summed E-state index contributed by atoms with van der Waals surface area (Å²) in [4.78, 5) is 25.0. The lowest BCUT2D eigenvalue weighted by Gasteiger charge is -2.37. The molecule has 1 heterocycles. The number of carbonyl (C=O) groups is 2. The summed E-state index contributed by atoms with van der Waals surface area (Å²) >= 11 is 0. The van der Waals surface area contributed by atoms with Gasteiger partial charge in [-0.05, 0) is 0 Å². The lowest BCUT2D eigenvalue weighted by molar-refractivity contribution is -0.734. The molecule has 1 aliphatic rings. The molecular formula is C20H22NO6S+. The zero-order valence-corrected chi connectivity index (χ0v) is 16.3. The van der Waals surface area contributed by atoms with Crippen LogP contribution in [-0.4, -0.2) is 45.1 Å². The van der Waals surface area contributed by atoms with E-state index in [1.807, 2.05) is 0 Å². The van der Waals surface area contributed by atoms with E-state index in [0.717, 1.165) is 14.2 Å². The Morgan fingerprint density at radius 3 is 1.43 bits per heavy atom. The maximum absolute atomic E-state index is 13.5. The number of nitrogens with two attached hydrogens (primary N) is 1. The molecule has 7 nitrogen and oxygen atoms in total. The van der Waals surface area contributed by atoms with Gasteiger partial charge in [0.1, 0.15) is 12.1 Å². The summed E-state index contributed by atoms with van der Waals surface area (Å²) in [6.45, 7) is 0. The van der Waals surface area contributed by atoms with Crippen molar-refractivity contribution in [3.63, 3.8) is 0 Å². The summed E-state index contributed by atoms with van der Waals surface area (Å²) in [7, 11) is -1.99. The van der Waals surface area contributed by atoms with Crippen molar-refractivity contribution in [3.05, 3.63) is 71.8 Å². The van der Waals surface area contributed by atoms with E-state index in [1.165, 1.54) is 0 Å². The van der Waals surface area contributed by atoms with Gasteiger partial charge in [-0.25, -0.2) is 8.42 Å². The van der Waals surface area contributed by atoms with Gasteiger partial charge < -0.3 is 14.8 Å². The molecule has 0 bridgehead atoms. The third-order valence-corrected chi connectivity index (χ3v) is 7.40. The monoisotopic (exact) mass is 404 g/mol. The third-order valence-electron chi connectivity index (χ3n) is 5.01. The Balaban J connectivity index is 2.19. The molecule has 0 aliphatic carbocycles. The fourth-order valence-corrected chi connectivity index (χ4v) is 6.07. The quantitative estimate of drug-likeness (QED) is 0.747. The highest BCUT2D eigenvalue weighted by atomic mass is 32.2. The van der Waals surface area contributed by atoms with Gasteiger partial charge in [0, 0.05) is 11.1 Å². The topological polar surface area (TPSA) is 103 Å². The van der Waals surface area contributed by atoms with Crippen molar-refractivity contribution in [1.82, 2.24) is 0 Å². The van der Waals surface area contributed by atoms with Crippen LogP contribution in [0.3, 0.4) is 0 Å². The van der Waals surface area contributed by atoms with E-state index in [-0.39, 0.29) is 0 Å². The molecule has 2 N–H and O–H groups in total. The molecule has 1 aliphatic heterocycles. The number of carbonyl (C=O) groups excluding carboxylic acids is 2. The Labute approximate surface area is 163 Å². The Bertz CT molecular complexity index is 874. The number of benzene rings is 2. The van der Waals surface area contributed by atoms with Crippen molar-refractivity contribution in [3.8, 4) is 0 Å². The number of methoxy groups -OCH3 is 2. The van der Waals surface area contributed by atoms with Crippen molar-refractivity contribution >= 4 is 21.8 Å². The molecule has 148 valence electrons. The van der Waals surface area contributed by atoms with E-state index in [0.29, 0.717) is 11.1 Å². The van der Waals surface area contributed by atoms with Crippen molar-refractivity contribution in [2.45, 2.75) is 22.6 Å². The van der Waals surface area contributed by atoms with Crippen LogP contribution in [0.2, 0.25) is 0 Å². The van der Waals surface area contributed by atoms with Crippen LogP contribution in [-0.2, 0) is 28.9 Å². The Hall–Kier alpha value is -2.71. The number of quaternary nitrogens is 1. The zero-order valence-electron chi connectivity index (χ0n) is 15.5. The maximum Gasteiger partial charge on any atom is 0.330 e. The van der Waals surface area contributed by atoms with Crippen molar-refractivity contribution < 1.29 is 32.8 Å². The molecule has 0 spiro atoms. The van der Waals surface area contributed by atoms with Crippen LogP contribution in [0.5, 0.6) is 0 Å². The predicted octanol–water partition coefficient (Wildman–Crippen LogP) is 0.544. The second kappa shape index (κ2) is 8.12. The average Bonchev–Trinajstić information content (AvgIpc) is 2.72. The van der Waals surface area contributed by atoms with Gasteiger partial charge in [0.15, 0.2) is 9.84 Å². The molecule has 2 aromatic carbocycles. The predicted molar refractivity (Wildman–Crippen MR) is 101 cm³/mol. The summed E-state index contributed by atoms with van der Waals surface area (Å²) in [5, 5.41) is -1.30. The molecule has 1 saturated heterocycles. The molecule has 8 heteroatoms. The van der Waals surface area contributed by atoms with E-state index in [4.69, 9.17) is 9.47 Å². The summed E-state index contributed by atoms with van der Waals surface area (Å²) in [6.07, 6.45) is 0. The number of hydrogen-bond acceptors (Lipinski definition) is 6. The molecule has 4 atom stereocenters. The molecule has 1 fully saturated rings. The van der Waals surface area contributed by atoms with Gasteiger partial charge in [-0.2, -0.15) is 0 Å². The Kier molecular flexibility index (Phi) is 5.81. The van der Waals surface area contributed by atoms with Gasteiger partial charge in [0.2, 0.25) is 10.5 Å². The normalized spacial score (nSPS) is 26.2. The van der Waals surface area contributed by atoms with Crippen LogP contribution in [0.4, 0.5) is 0 Å². The lowest BCUT2D eigenvalue weighted by atomic mass is 9.97. The molecular weight excluding hydrogens is 382 g/mol. The summed E-state index contributed by atoms with van der Waals surface area (Å²) in [5.41, 5.74) is 1.32. The molecule has 0 aromatic heterocycles. The van der Waals surface area contributed by atoms with Crippen molar-refractivity contribution in [1.29, 1.82) is 0 Å². The standard InChI is InChI=1S/C20H21NO6S/c1-26-19(22)17-15(13-9-5-3-6-10-13)21-16(14-11-7-4-8-12-14)18(20(23)27-2)28(17,24)25/h3-12,15-18,21H,1-2H3/p+1/t15-,16-,17+,18+/m1/s1. The largest absolute Gasteiger partial charge is 0.468 e. The zero-order chi connectivity index (χ0) is 20.3. The highest BCUT2D eigenvalue weighted by Crippen LogP contribution is 2.34. The number of ether oxygens (including phenoxy) is 2. The highest BCUT2D eigenvalue weighted by Gasteiger charge is 2.59. The van der Waals surface area contributed by atoms with Gasteiger partial charge in [-0.3, -0.25) is 9.59 Å². The fraction of sp³-hybridized carbons (Fsp3) is 0.300. The minimum absolute atomic E-state index is 0.658. The average molecular weight is 404 g/mol. The maximum atomic E-state index is 13.5. The van der Waals surface area contributed by atoms with Crippen LogP contribution in [0.1, 0.15) is 23.2 Å². The van der Waals surface area contributed by atoms with Crippen LogP contribution >= 0.6 is 0 Å². The summed E-state index contributed by atoms with van der Waals surface area (Å²) in [5.74, 6) is -1.80. The number of sulfone groups is 1.